The number of anilines is 1. The van der Waals surface area contributed by atoms with Gasteiger partial charge in [0.05, 0.1) is 11.8 Å². The first-order chi connectivity index (χ1) is 12.7. The van der Waals surface area contributed by atoms with Crippen molar-refractivity contribution in [2.45, 2.75) is 12.8 Å². The molecule has 0 atom stereocenters. The highest BCUT2D eigenvalue weighted by atomic mass is 32.1. The molecule has 0 aliphatic rings. The Kier molecular flexibility index (Phi) is 5.80. The molecular formula is C19H19N3O3S. The van der Waals surface area contributed by atoms with E-state index >= 15 is 0 Å². The minimum Gasteiger partial charge on any atom is -0.494 e. The molecule has 0 aliphatic heterocycles. The number of hydrogen-bond donors (Lipinski definition) is 2. The van der Waals surface area contributed by atoms with E-state index in [1.807, 2.05) is 36.4 Å². The Hall–Kier alpha value is -2.93. The Morgan fingerprint density at radius 2 is 1.92 bits per heavy atom. The number of fused-ring (bicyclic) bond motifs is 1. The fourth-order valence-electron chi connectivity index (χ4n) is 2.47. The highest BCUT2D eigenvalue weighted by Crippen LogP contribution is 2.32. The summed E-state index contributed by atoms with van der Waals surface area (Å²) in [6.45, 7) is 0.439. The van der Waals surface area contributed by atoms with E-state index in [0.717, 1.165) is 10.2 Å². The van der Waals surface area contributed by atoms with Crippen LogP contribution < -0.4 is 15.4 Å². The van der Waals surface area contributed by atoms with E-state index in [2.05, 4.69) is 15.6 Å². The number of benzene rings is 2. The topological polar surface area (TPSA) is 80.3 Å². The van der Waals surface area contributed by atoms with Crippen LogP contribution >= 0.6 is 11.3 Å². The van der Waals surface area contributed by atoms with Gasteiger partial charge in [0.25, 0.3) is 5.91 Å². The fraction of sp³-hybridized carbons (Fsp3) is 0.211. The van der Waals surface area contributed by atoms with Gasteiger partial charge in [-0.1, -0.05) is 35.6 Å². The van der Waals surface area contributed by atoms with Crippen molar-refractivity contribution in [1.29, 1.82) is 0 Å². The van der Waals surface area contributed by atoms with Crippen molar-refractivity contribution >= 4 is 38.5 Å². The molecule has 0 saturated carbocycles. The van der Waals surface area contributed by atoms with Gasteiger partial charge in [-0.25, -0.2) is 4.98 Å². The van der Waals surface area contributed by atoms with Crippen molar-refractivity contribution in [3.8, 4) is 5.75 Å². The molecule has 3 rings (SSSR count). The number of para-hydroxylation sites is 1. The first-order valence-electron chi connectivity index (χ1n) is 8.24. The third-order valence-electron chi connectivity index (χ3n) is 3.75. The molecule has 134 valence electrons. The highest BCUT2D eigenvalue weighted by molar-refractivity contribution is 7.22. The molecule has 2 aromatic carbocycles. The number of rotatable bonds is 7. The molecule has 0 radical (unpaired) electrons. The summed E-state index contributed by atoms with van der Waals surface area (Å²) in [6.07, 6.45) is 0.862. The van der Waals surface area contributed by atoms with Crippen LogP contribution in [0.15, 0.2) is 48.5 Å². The number of amides is 2. The summed E-state index contributed by atoms with van der Waals surface area (Å²) < 4.78 is 6.23. The number of carbonyl (C=O) groups is 2. The molecule has 0 fully saturated rings. The highest BCUT2D eigenvalue weighted by Gasteiger charge is 2.11. The molecule has 2 amide bonds. The van der Waals surface area contributed by atoms with Crippen LogP contribution in [0.4, 0.5) is 5.13 Å². The normalized spacial score (nSPS) is 10.5. The van der Waals surface area contributed by atoms with Crippen molar-refractivity contribution < 1.29 is 14.3 Å². The number of hydrogen-bond acceptors (Lipinski definition) is 5. The van der Waals surface area contributed by atoms with Crippen LogP contribution in [0.25, 0.3) is 10.2 Å². The van der Waals surface area contributed by atoms with Gasteiger partial charge in [0, 0.05) is 18.5 Å². The SMILES string of the molecule is COc1cccc2sc(NC(=O)CCCNC(=O)c3ccccc3)nc12. The van der Waals surface area contributed by atoms with Crippen molar-refractivity contribution in [1.82, 2.24) is 10.3 Å². The Labute approximate surface area is 155 Å². The van der Waals surface area contributed by atoms with Crippen LogP contribution in [0.1, 0.15) is 23.2 Å². The maximum atomic E-state index is 12.1. The number of carbonyl (C=O) groups excluding carboxylic acids is 2. The van der Waals surface area contributed by atoms with Gasteiger partial charge in [-0.05, 0) is 30.7 Å². The first kappa shape index (κ1) is 17.9. The van der Waals surface area contributed by atoms with Crippen LogP contribution in [0.2, 0.25) is 0 Å². The lowest BCUT2D eigenvalue weighted by Gasteiger charge is -2.05. The minimum absolute atomic E-state index is 0.128. The molecule has 0 bridgehead atoms. The molecular weight excluding hydrogens is 350 g/mol. The van der Waals surface area contributed by atoms with Crippen LogP contribution in [-0.2, 0) is 4.79 Å². The molecule has 0 unspecified atom stereocenters. The molecule has 1 heterocycles. The van der Waals surface area contributed by atoms with E-state index in [4.69, 9.17) is 4.74 Å². The van der Waals surface area contributed by atoms with E-state index in [1.54, 1.807) is 19.2 Å². The third kappa shape index (κ3) is 4.37. The number of aromatic nitrogens is 1. The van der Waals surface area contributed by atoms with Crippen molar-refractivity contribution in [2.75, 3.05) is 19.0 Å². The zero-order valence-corrected chi connectivity index (χ0v) is 15.1. The molecule has 0 aliphatic carbocycles. The number of ether oxygens (including phenoxy) is 1. The van der Waals surface area contributed by atoms with Gasteiger partial charge in [-0.2, -0.15) is 0 Å². The average Bonchev–Trinajstić information content (AvgIpc) is 3.08. The van der Waals surface area contributed by atoms with Crippen molar-refractivity contribution in [3.05, 3.63) is 54.1 Å². The summed E-state index contributed by atoms with van der Waals surface area (Å²) in [6, 6.07) is 14.7. The molecule has 0 saturated heterocycles. The Bertz CT molecular complexity index is 909. The maximum absolute atomic E-state index is 12.1. The van der Waals surface area contributed by atoms with E-state index in [9.17, 15) is 9.59 Å². The summed E-state index contributed by atoms with van der Waals surface area (Å²) in [5.41, 5.74) is 1.35. The second kappa shape index (κ2) is 8.44. The number of nitrogens with zero attached hydrogens (tertiary/aromatic N) is 1. The van der Waals surface area contributed by atoms with Crippen molar-refractivity contribution in [3.63, 3.8) is 0 Å². The molecule has 3 aromatic rings. The van der Waals surface area contributed by atoms with E-state index in [-0.39, 0.29) is 11.8 Å². The molecule has 26 heavy (non-hydrogen) atoms. The molecule has 2 N–H and O–H groups in total. The van der Waals surface area contributed by atoms with E-state index < -0.39 is 0 Å². The second-order valence-electron chi connectivity index (χ2n) is 5.60. The average molecular weight is 369 g/mol. The quantitative estimate of drug-likeness (QED) is 0.625. The van der Waals surface area contributed by atoms with Gasteiger partial charge in [-0.3, -0.25) is 9.59 Å². The first-order valence-corrected chi connectivity index (χ1v) is 9.05. The van der Waals surface area contributed by atoms with E-state index in [1.165, 1.54) is 11.3 Å². The summed E-state index contributed by atoms with van der Waals surface area (Å²) >= 11 is 1.40. The fourth-order valence-corrected chi connectivity index (χ4v) is 3.37. The predicted molar refractivity (Wildman–Crippen MR) is 103 cm³/mol. The largest absolute Gasteiger partial charge is 0.494 e. The minimum atomic E-state index is -0.135. The number of thiazole rings is 1. The number of nitrogens with one attached hydrogen (secondary N) is 2. The van der Waals surface area contributed by atoms with Gasteiger partial charge in [0.15, 0.2) is 5.13 Å². The van der Waals surface area contributed by atoms with Gasteiger partial charge in [0.1, 0.15) is 11.3 Å². The summed E-state index contributed by atoms with van der Waals surface area (Å²) in [5, 5.41) is 6.15. The molecule has 6 nitrogen and oxygen atoms in total. The predicted octanol–water partition coefficient (Wildman–Crippen LogP) is 3.45. The summed E-state index contributed by atoms with van der Waals surface area (Å²) in [7, 11) is 1.59. The monoisotopic (exact) mass is 369 g/mol. The zero-order chi connectivity index (χ0) is 18.4. The van der Waals surface area contributed by atoms with Crippen molar-refractivity contribution in [2.24, 2.45) is 0 Å². The summed E-state index contributed by atoms with van der Waals surface area (Å²) in [4.78, 5) is 28.4. The van der Waals surface area contributed by atoms with Gasteiger partial charge >= 0.3 is 0 Å². The Balaban J connectivity index is 1.46. The number of methoxy groups -OCH3 is 1. The smallest absolute Gasteiger partial charge is 0.251 e. The van der Waals surface area contributed by atoms with Crippen LogP contribution in [-0.4, -0.2) is 30.5 Å². The second-order valence-corrected chi connectivity index (χ2v) is 6.63. The standard InChI is InChI=1S/C19H19N3O3S/c1-25-14-9-5-10-15-17(14)22-19(26-15)21-16(23)11-6-12-20-18(24)13-7-3-2-4-8-13/h2-5,7-10H,6,11-12H2,1H3,(H,20,24)(H,21,22,23). The van der Waals surface area contributed by atoms with Gasteiger partial charge in [-0.15, -0.1) is 0 Å². The van der Waals surface area contributed by atoms with Gasteiger partial charge in [0.2, 0.25) is 5.91 Å². The Morgan fingerprint density at radius 1 is 1.12 bits per heavy atom. The molecule has 0 spiro atoms. The van der Waals surface area contributed by atoms with Crippen LogP contribution in [0.3, 0.4) is 0 Å². The molecule has 7 heteroatoms. The Morgan fingerprint density at radius 3 is 2.69 bits per heavy atom. The van der Waals surface area contributed by atoms with Gasteiger partial charge < -0.3 is 15.4 Å². The maximum Gasteiger partial charge on any atom is 0.251 e. The lowest BCUT2D eigenvalue weighted by molar-refractivity contribution is -0.116. The lowest BCUT2D eigenvalue weighted by Crippen LogP contribution is -2.25. The van der Waals surface area contributed by atoms with Crippen LogP contribution in [0, 0.1) is 0 Å². The lowest BCUT2D eigenvalue weighted by atomic mass is 10.2. The molecule has 1 aromatic heterocycles. The van der Waals surface area contributed by atoms with Crippen LogP contribution in [0.5, 0.6) is 5.75 Å². The summed E-state index contributed by atoms with van der Waals surface area (Å²) in [5.74, 6) is 0.420. The van der Waals surface area contributed by atoms with E-state index in [0.29, 0.717) is 35.8 Å². The zero-order valence-electron chi connectivity index (χ0n) is 14.3. The third-order valence-corrected chi connectivity index (χ3v) is 4.69.